The van der Waals surface area contributed by atoms with Crippen molar-refractivity contribution >= 4 is 5.97 Å². The molecule has 0 bridgehead atoms. The van der Waals surface area contributed by atoms with Gasteiger partial charge in [-0.1, -0.05) is 64.0 Å². The predicted octanol–water partition coefficient (Wildman–Crippen LogP) is 5.72. The van der Waals surface area contributed by atoms with Gasteiger partial charge >= 0.3 is 5.97 Å². The second-order valence-corrected chi connectivity index (χ2v) is 5.37. The molecule has 0 radical (unpaired) electrons. The van der Waals surface area contributed by atoms with Crippen LogP contribution in [0.25, 0.3) is 0 Å². The molecular formula is C17H32O2. The van der Waals surface area contributed by atoms with Crippen molar-refractivity contribution in [3.05, 3.63) is 12.2 Å². The number of hydrogen-bond donors (Lipinski definition) is 1. The molecular weight excluding hydrogens is 236 g/mol. The highest BCUT2D eigenvalue weighted by Gasteiger charge is 1.95. The molecule has 1 N–H and O–H groups in total. The molecule has 0 amide bonds. The number of allylic oxidation sites excluding steroid dienone is 2. The first-order chi connectivity index (χ1) is 9.27. The Bertz CT molecular complexity index is 221. The van der Waals surface area contributed by atoms with Crippen LogP contribution in [0.3, 0.4) is 0 Å². The number of carboxylic acid groups (broad SMARTS) is 1. The first-order valence-corrected chi connectivity index (χ1v) is 8.14. The summed E-state index contributed by atoms with van der Waals surface area (Å²) in [7, 11) is 0. The highest BCUT2D eigenvalue weighted by atomic mass is 16.4. The fourth-order valence-electron chi connectivity index (χ4n) is 2.17. The van der Waals surface area contributed by atoms with Gasteiger partial charge in [0.15, 0.2) is 0 Å². The van der Waals surface area contributed by atoms with Crippen molar-refractivity contribution in [1.82, 2.24) is 0 Å². The summed E-state index contributed by atoms with van der Waals surface area (Å²) >= 11 is 0. The topological polar surface area (TPSA) is 37.3 Å². The molecule has 0 spiro atoms. The van der Waals surface area contributed by atoms with Gasteiger partial charge in [0.2, 0.25) is 0 Å². The van der Waals surface area contributed by atoms with E-state index in [9.17, 15) is 4.79 Å². The maximum absolute atomic E-state index is 10.3. The van der Waals surface area contributed by atoms with Gasteiger partial charge in [-0.05, 0) is 32.1 Å². The summed E-state index contributed by atoms with van der Waals surface area (Å²) in [5.74, 6) is -0.672. The molecule has 19 heavy (non-hydrogen) atoms. The van der Waals surface area contributed by atoms with Gasteiger partial charge in [0.25, 0.3) is 0 Å². The van der Waals surface area contributed by atoms with Gasteiger partial charge in [0.1, 0.15) is 0 Å². The van der Waals surface area contributed by atoms with Crippen LogP contribution in [0.5, 0.6) is 0 Å². The van der Waals surface area contributed by atoms with Gasteiger partial charge in [-0.2, -0.15) is 0 Å². The normalized spacial score (nSPS) is 11.2. The van der Waals surface area contributed by atoms with Crippen LogP contribution in [-0.2, 0) is 4.79 Å². The first-order valence-electron chi connectivity index (χ1n) is 8.14. The van der Waals surface area contributed by atoms with E-state index in [0.717, 1.165) is 25.7 Å². The summed E-state index contributed by atoms with van der Waals surface area (Å²) in [6.45, 7) is 2.26. The van der Waals surface area contributed by atoms with Crippen LogP contribution in [0, 0.1) is 0 Å². The van der Waals surface area contributed by atoms with Crippen LogP contribution in [0.15, 0.2) is 12.2 Å². The SMILES string of the molecule is CCCCCCCCC/C=C/CCCCCC(=O)O. The molecule has 0 heterocycles. The van der Waals surface area contributed by atoms with Crippen LogP contribution >= 0.6 is 0 Å². The number of carbonyl (C=O) groups is 1. The molecule has 0 aromatic carbocycles. The zero-order valence-corrected chi connectivity index (χ0v) is 12.7. The number of rotatable bonds is 14. The number of carboxylic acids is 1. The Hall–Kier alpha value is -0.790. The zero-order chi connectivity index (χ0) is 14.2. The molecule has 0 aliphatic carbocycles. The van der Waals surface area contributed by atoms with Crippen molar-refractivity contribution in [3.63, 3.8) is 0 Å². The third kappa shape index (κ3) is 17.2. The van der Waals surface area contributed by atoms with Crippen LogP contribution < -0.4 is 0 Å². The van der Waals surface area contributed by atoms with E-state index in [4.69, 9.17) is 5.11 Å². The molecule has 0 aromatic heterocycles. The first kappa shape index (κ1) is 18.2. The molecule has 2 heteroatoms. The minimum Gasteiger partial charge on any atom is -0.481 e. The largest absolute Gasteiger partial charge is 0.481 e. The number of aliphatic carboxylic acids is 1. The summed E-state index contributed by atoms with van der Waals surface area (Å²) in [4.78, 5) is 10.3. The molecule has 0 aliphatic rings. The van der Waals surface area contributed by atoms with E-state index in [1.807, 2.05) is 0 Å². The third-order valence-corrected chi connectivity index (χ3v) is 3.40. The zero-order valence-electron chi connectivity index (χ0n) is 12.7. The lowest BCUT2D eigenvalue weighted by Crippen LogP contribution is -1.93. The van der Waals surface area contributed by atoms with Crippen molar-refractivity contribution in [2.45, 2.75) is 90.4 Å². The molecule has 0 fully saturated rings. The monoisotopic (exact) mass is 268 g/mol. The van der Waals surface area contributed by atoms with E-state index in [1.165, 1.54) is 51.4 Å². The minimum absolute atomic E-state index is 0.321. The Labute approximate surface area is 119 Å². The van der Waals surface area contributed by atoms with E-state index >= 15 is 0 Å². The lowest BCUT2D eigenvalue weighted by Gasteiger charge is -1.99. The van der Waals surface area contributed by atoms with E-state index in [0.29, 0.717) is 6.42 Å². The Balaban J connectivity index is 3.07. The van der Waals surface area contributed by atoms with Gasteiger partial charge < -0.3 is 5.11 Å². The highest BCUT2D eigenvalue weighted by Crippen LogP contribution is 2.09. The second kappa shape index (κ2) is 15.3. The Morgan fingerprint density at radius 2 is 1.26 bits per heavy atom. The Morgan fingerprint density at radius 3 is 1.79 bits per heavy atom. The van der Waals surface area contributed by atoms with Crippen molar-refractivity contribution in [3.8, 4) is 0 Å². The van der Waals surface area contributed by atoms with Crippen molar-refractivity contribution in [1.29, 1.82) is 0 Å². The maximum Gasteiger partial charge on any atom is 0.303 e. The van der Waals surface area contributed by atoms with Crippen LogP contribution in [0.4, 0.5) is 0 Å². The van der Waals surface area contributed by atoms with Crippen LogP contribution in [0.2, 0.25) is 0 Å². The van der Waals surface area contributed by atoms with E-state index in [1.54, 1.807) is 0 Å². The fourth-order valence-corrected chi connectivity index (χ4v) is 2.17. The van der Waals surface area contributed by atoms with E-state index in [-0.39, 0.29) is 0 Å². The van der Waals surface area contributed by atoms with Crippen molar-refractivity contribution in [2.75, 3.05) is 0 Å². The smallest absolute Gasteiger partial charge is 0.303 e. The Morgan fingerprint density at radius 1 is 0.789 bits per heavy atom. The number of hydrogen-bond acceptors (Lipinski definition) is 1. The lowest BCUT2D eigenvalue weighted by atomic mass is 10.1. The Kier molecular flexibility index (Phi) is 14.6. The van der Waals surface area contributed by atoms with Crippen molar-refractivity contribution in [2.24, 2.45) is 0 Å². The molecule has 2 nitrogen and oxygen atoms in total. The molecule has 0 saturated carbocycles. The maximum atomic E-state index is 10.3. The standard InChI is InChI=1S/C17H32O2/c1-2-3-4-5-6-7-8-9-10-11-12-13-14-15-16-17(18)19/h10-11H,2-9,12-16H2,1H3,(H,18,19)/b11-10+. The van der Waals surface area contributed by atoms with Gasteiger partial charge in [-0.3, -0.25) is 4.79 Å². The molecule has 0 aromatic rings. The fraction of sp³-hybridized carbons (Fsp3) is 0.824. The van der Waals surface area contributed by atoms with Gasteiger partial charge in [0, 0.05) is 6.42 Å². The predicted molar refractivity (Wildman–Crippen MR) is 82.5 cm³/mol. The van der Waals surface area contributed by atoms with E-state index < -0.39 is 5.97 Å². The molecule has 0 unspecified atom stereocenters. The van der Waals surface area contributed by atoms with Gasteiger partial charge in [-0.15, -0.1) is 0 Å². The summed E-state index contributed by atoms with van der Waals surface area (Å²) in [5, 5.41) is 8.49. The summed E-state index contributed by atoms with van der Waals surface area (Å²) < 4.78 is 0. The summed E-state index contributed by atoms with van der Waals surface area (Å²) in [6, 6.07) is 0. The summed E-state index contributed by atoms with van der Waals surface area (Å²) in [6.07, 6.45) is 19.8. The average molecular weight is 268 g/mol. The van der Waals surface area contributed by atoms with Crippen LogP contribution in [0.1, 0.15) is 90.4 Å². The second-order valence-electron chi connectivity index (χ2n) is 5.37. The summed E-state index contributed by atoms with van der Waals surface area (Å²) in [5.41, 5.74) is 0. The average Bonchev–Trinajstić information content (AvgIpc) is 2.39. The highest BCUT2D eigenvalue weighted by molar-refractivity contribution is 5.66. The molecule has 0 atom stereocenters. The molecule has 0 rings (SSSR count). The van der Waals surface area contributed by atoms with E-state index in [2.05, 4.69) is 19.1 Å². The van der Waals surface area contributed by atoms with Crippen LogP contribution in [-0.4, -0.2) is 11.1 Å². The third-order valence-electron chi connectivity index (χ3n) is 3.40. The number of unbranched alkanes of at least 4 members (excludes halogenated alkanes) is 10. The quantitative estimate of drug-likeness (QED) is 0.323. The molecule has 0 saturated heterocycles. The molecule has 0 aliphatic heterocycles. The minimum atomic E-state index is -0.672. The van der Waals surface area contributed by atoms with Gasteiger partial charge in [-0.25, -0.2) is 0 Å². The molecule has 112 valence electrons. The van der Waals surface area contributed by atoms with Crippen molar-refractivity contribution < 1.29 is 9.90 Å². The lowest BCUT2D eigenvalue weighted by molar-refractivity contribution is -0.137. The van der Waals surface area contributed by atoms with Gasteiger partial charge in [0.05, 0.1) is 0 Å².